The molecule has 2 aromatic heterocycles. The number of aromatic nitrogens is 3. The second-order valence-electron chi connectivity index (χ2n) is 5.29. The van der Waals surface area contributed by atoms with Gasteiger partial charge in [-0.3, -0.25) is 9.59 Å². The molecule has 26 heavy (non-hydrogen) atoms. The van der Waals surface area contributed by atoms with Gasteiger partial charge < -0.3 is 20.5 Å². The smallest absolute Gasteiger partial charge is 0.261 e. The predicted molar refractivity (Wildman–Crippen MR) is 93.4 cm³/mol. The SMILES string of the molecule is COc1cc(C(=O)NCCO)ccc1NC(=O)c1cnn2cccnc12. The van der Waals surface area contributed by atoms with E-state index in [9.17, 15) is 9.59 Å². The Morgan fingerprint density at radius 2 is 2.15 bits per heavy atom. The summed E-state index contributed by atoms with van der Waals surface area (Å²) in [6.45, 7) is 0.00602. The van der Waals surface area contributed by atoms with Crippen LogP contribution in [0.1, 0.15) is 20.7 Å². The lowest BCUT2D eigenvalue weighted by Crippen LogP contribution is -2.26. The molecule has 1 aromatic carbocycles. The van der Waals surface area contributed by atoms with Crippen molar-refractivity contribution >= 4 is 23.1 Å². The summed E-state index contributed by atoms with van der Waals surface area (Å²) in [6.07, 6.45) is 4.70. The molecule has 0 fully saturated rings. The van der Waals surface area contributed by atoms with Crippen molar-refractivity contribution in [2.75, 3.05) is 25.6 Å². The van der Waals surface area contributed by atoms with Crippen LogP contribution in [0.2, 0.25) is 0 Å². The summed E-state index contributed by atoms with van der Waals surface area (Å²) in [5.74, 6) is -0.407. The summed E-state index contributed by atoms with van der Waals surface area (Å²) < 4.78 is 6.77. The van der Waals surface area contributed by atoms with E-state index >= 15 is 0 Å². The number of nitrogens with zero attached hydrogens (tertiary/aromatic N) is 3. The van der Waals surface area contributed by atoms with E-state index in [1.165, 1.54) is 23.9 Å². The Balaban J connectivity index is 1.83. The van der Waals surface area contributed by atoms with Crippen molar-refractivity contribution in [1.29, 1.82) is 0 Å². The minimum absolute atomic E-state index is 0.148. The number of benzene rings is 1. The molecule has 0 spiro atoms. The Morgan fingerprint density at radius 1 is 1.31 bits per heavy atom. The molecule has 2 heterocycles. The molecule has 3 aromatic rings. The summed E-state index contributed by atoms with van der Waals surface area (Å²) in [4.78, 5) is 28.7. The predicted octanol–water partition coefficient (Wildman–Crippen LogP) is 0.712. The molecule has 0 saturated carbocycles. The number of rotatable bonds is 6. The maximum atomic E-state index is 12.6. The molecule has 2 amide bonds. The van der Waals surface area contributed by atoms with Crippen molar-refractivity contribution in [2.24, 2.45) is 0 Å². The molecular formula is C17H17N5O4. The van der Waals surface area contributed by atoms with E-state index in [4.69, 9.17) is 9.84 Å². The van der Waals surface area contributed by atoms with Gasteiger partial charge in [0, 0.05) is 24.5 Å². The van der Waals surface area contributed by atoms with E-state index in [2.05, 4.69) is 20.7 Å². The molecular weight excluding hydrogens is 338 g/mol. The number of aliphatic hydroxyl groups excluding tert-OH is 1. The fraction of sp³-hybridized carbons (Fsp3) is 0.176. The van der Waals surface area contributed by atoms with Gasteiger partial charge in [-0.15, -0.1) is 0 Å². The molecule has 0 bridgehead atoms. The third-order valence-corrected chi connectivity index (χ3v) is 3.63. The van der Waals surface area contributed by atoms with E-state index in [0.717, 1.165) is 0 Å². The largest absolute Gasteiger partial charge is 0.495 e. The summed E-state index contributed by atoms with van der Waals surface area (Å²) in [5.41, 5.74) is 1.51. The lowest BCUT2D eigenvalue weighted by Gasteiger charge is -2.11. The Hall–Kier alpha value is -3.46. The van der Waals surface area contributed by atoms with E-state index < -0.39 is 5.91 Å². The molecule has 9 heteroatoms. The fourth-order valence-corrected chi connectivity index (χ4v) is 2.38. The van der Waals surface area contributed by atoms with Gasteiger partial charge in [0.1, 0.15) is 11.3 Å². The Kier molecular flexibility index (Phi) is 5.09. The number of anilines is 1. The van der Waals surface area contributed by atoms with E-state index in [0.29, 0.717) is 28.2 Å². The number of aliphatic hydroxyl groups is 1. The first-order valence-corrected chi connectivity index (χ1v) is 7.81. The summed E-state index contributed by atoms with van der Waals surface area (Å²) in [5, 5.41) is 18.1. The number of hydrogen-bond acceptors (Lipinski definition) is 6. The number of fused-ring (bicyclic) bond motifs is 1. The number of carbonyl (C=O) groups excluding carboxylic acids is 2. The average Bonchev–Trinajstić information content (AvgIpc) is 3.10. The van der Waals surface area contributed by atoms with Gasteiger partial charge >= 0.3 is 0 Å². The van der Waals surface area contributed by atoms with Crippen molar-refractivity contribution in [3.63, 3.8) is 0 Å². The standard InChI is InChI=1S/C17H17N5O4/c1-26-14-9-11(16(24)19-6-8-23)3-4-13(14)21-17(25)12-10-20-22-7-2-5-18-15(12)22/h2-5,7,9-10,23H,6,8H2,1H3,(H,19,24)(H,21,25). The molecule has 0 radical (unpaired) electrons. The molecule has 0 saturated heterocycles. The number of carbonyl (C=O) groups is 2. The molecule has 0 atom stereocenters. The highest BCUT2D eigenvalue weighted by molar-refractivity contribution is 6.09. The van der Waals surface area contributed by atoms with Gasteiger partial charge in [-0.2, -0.15) is 5.10 Å². The van der Waals surface area contributed by atoms with E-state index in [1.807, 2.05) is 0 Å². The summed E-state index contributed by atoms with van der Waals surface area (Å²) in [7, 11) is 1.44. The zero-order valence-electron chi connectivity index (χ0n) is 14.0. The number of ether oxygens (including phenoxy) is 1. The van der Waals surface area contributed by atoms with Crippen LogP contribution in [-0.4, -0.2) is 51.8 Å². The third kappa shape index (κ3) is 3.47. The first-order chi connectivity index (χ1) is 12.6. The number of methoxy groups -OCH3 is 1. The molecule has 134 valence electrons. The van der Waals surface area contributed by atoms with Gasteiger partial charge in [0.15, 0.2) is 5.65 Å². The van der Waals surface area contributed by atoms with Crippen molar-refractivity contribution in [1.82, 2.24) is 19.9 Å². The molecule has 0 aliphatic heterocycles. The van der Waals surface area contributed by atoms with Crippen molar-refractivity contribution in [3.8, 4) is 5.75 Å². The number of nitrogens with one attached hydrogen (secondary N) is 2. The number of amides is 2. The lowest BCUT2D eigenvalue weighted by molar-refractivity contribution is 0.0944. The van der Waals surface area contributed by atoms with E-state index in [-0.39, 0.29) is 19.1 Å². The van der Waals surface area contributed by atoms with E-state index in [1.54, 1.807) is 30.6 Å². The maximum Gasteiger partial charge on any atom is 0.261 e. The van der Waals surface area contributed by atoms with Crippen LogP contribution in [0.25, 0.3) is 5.65 Å². The van der Waals surface area contributed by atoms with Crippen LogP contribution in [0.4, 0.5) is 5.69 Å². The van der Waals surface area contributed by atoms with Crippen LogP contribution in [0, 0.1) is 0 Å². The Bertz CT molecular complexity index is 953. The highest BCUT2D eigenvalue weighted by Gasteiger charge is 2.17. The van der Waals surface area contributed by atoms with Crippen molar-refractivity contribution in [2.45, 2.75) is 0 Å². The maximum absolute atomic E-state index is 12.6. The molecule has 0 aliphatic carbocycles. The van der Waals surface area contributed by atoms with Gasteiger partial charge in [0.2, 0.25) is 0 Å². The van der Waals surface area contributed by atoms with Gasteiger partial charge in [0.25, 0.3) is 11.8 Å². The fourth-order valence-electron chi connectivity index (χ4n) is 2.38. The normalized spacial score (nSPS) is 10.5. The summed E-state index contributed by atoms with van der Waals surface area (Å²) in [6, 6.07) is 6.35. The monoisotopic (exact) mass is 355 g/mol. The zero-order valence-corrected chi connectivity index (χ0v) is 14.0. The highest BCUT2D eigenvalue weighted by Crippen LogP contribution is 2.26. The molecule has 0 aliphatic rings. The van der Waals surface area contributed by atoms with Crippen LogP contribution < -0.4 is 15.4 Å². The van der Waals surface area contributed by atoms with Crippen molar-refractivity contribution in [3.05, 3.63) is 54.0 Å². The molecule has 0 unspecified atom stereocenters. The van der Waals surface area contributed by atoms with Gasteiger partial charge in [-0.1, -0.05) is 0 Å². The van der Waals surface area contributed by atoms with Gasteiger partial charge in [-0.05, 0) is 24.3 Å². The minimum atomic E-state index is -0.394. The van der Waals surface area contributed by atoms with Crippen LogP contribution in [-0.2, 0) is 0 Å². The second kappa shape index (κ2) is 7.62. The van der Waals surface area contributed by atoms with Gasteiger partial charge in [-0.25, -0.2) is 9.50 Å². The van der Waals surface area contributed by atoms with Crippen molar-refractivity contribution < 1.29 is 19.4 Å². The van der Waals surface area contributed by atoms with Crippen LogP contribution in [0.15, 0.2) is 42.9 Å². The average molecular weight is 355 g/mol. The summed E-state index contributed by atoms with van der Waals surface area (Å²) >= 11 is 0. The van der Waals surface area contributed by atoms with Crippen LogP contribution >= 0.6 is 0 Å². The lowest BCUT2D eigenvalue weighted by atomic mass is 10.1. The second-order valence-corrected chi connectivity index (χ2v) is 5.29. The van der Waals surface area contributed by atoms with Crippen LogP contribution in [0.3, 0.4) is 0 Å². The Labute approximate surface area is 148 Å². The molecule has 9 nitrogen and oxygen atoms in total. The number of hydrogen-bond donors (Lipinski definition) is 3. The molecule has 3 rings (SSSR count). The zero-order chi connectivity index (χ0) is 18.5. The highest BCUT2D eigenvalue weighted by atomic mass is 16.5. The minimum Gasteiger partial charge on any atom is -0.495 e. The topological polar surface area (TPSA) is 118 Å². The molecule has 3 N–H and O–H groups in total. The quantitative estimate of drug-likeness (QED) is 0.599. The first kappa shape index (κ1) is 17.4. The third-order valence-electron chi connectivity index (χ3n) is 3.63. The Morgan fingerprint density at radius 3 is 2.92 bits per heavy atom. The van der Waals surface area contributed by atoms with Crippen LogP contribution in [0.5, 0.6) is 5.75 Å². The first-order valence-electron chi connectivity index (χ1n) is 7.81. The van der Waals surface area contributed by atoms with Gasteiger partial charge in [0.05, 0.1) is 25.6 Å².